The molecule has 0 aliphatic carbocycles. The molecule has 0 aromatic carbocycles. The Kier molecular flexibility index (Phi) is 3.25. The summed E-state index contributed by atoms with van der Waals surface area (Å²) in [6, 6.07) is 2.37. The monoisotopic (exact) mass is 288 g/mol. The number of pyridine rings is 1. The molecule has 0 saturated heterocycles. The second-order valence-electron chi connectivity index (χ2n) is 5.16. The van der Waals surface area contributed by atoms with Crippen molar-refractivity contribution in [3.05, 3.63) is 35.3 Å². The largest absolute Gasteiger partial charge is 0.476 e. The van der Waals surface area contributed by atoms with Crippen LogP contribution >= 0.6 is 0 Å². The maximum absolute atomic E-state index is 10.9. The molecule has 1 aliphatic rings. The van der Waals surface area contributed by atoms with E-state index in [1.807, 2.05) is 36.2 Å². The third-order valence-electron chi connectivity index (χ3n) is 3.54. The summed E-state index contributed by atoms with van der Waals surface area (Å²) in [7, 11) is 3.91. The summed E-state index contributed by atoms with van der Waals surface area (Å²) in [5.74, 6) is -0.166. The number of oxazole rings is 1. The number of aromatic nitrogens is 2. The van der Waals surface area contributed by atoms with E-state index in [0.29, 0.717) is 12.6 Å². The highest BCUT2D eigenvalue weighted by atomic mass is 16.4. The van der Waals surface area contributed by atoms with Crippen molar-refractivity contribution >= 4 is 17.8 Å². The van der Waals surface area contributed by atoms with E-state index >= 15 is 0 Å². The molecule has 0 radical (unpaired) electrons. The molecule has 0 bridgehead atoms. The summed E-state index contributed by atoms with van der Waals surface area (Å²) in [4.78, 5) is 23.2. The first-order chi connectivity index (χ1) is 10.1. The molecule has 21 heavy (non-hydrogen) atoms. The predicted octanol–water partition coefficient (Wildman–Crippen LogP) is 1.40. The standard InChI is InChI=1S/C14H16N4O3/c1-17(2)12-10-7-18(6-4-9(10)3-5-15-12)14-16-11(8-21-14)13(19)20/h3,5,8H,4,6-7H2,1-2H3,(H,19,20). The Morgan fingerprint density at radius 3 is 2.95 bits per heavy atom. The minimum Gasteiger partial charge on any atom is -0.476 e. The number of nitrogens with zero attached hydrogens (tertiary/aromatic N) is 4. The highest BCUT2D eigenvalue weighted by molar-refractivity contribution is 5.85. The molecule has 0 fully saturated rings. The van der Waals surface area contributed by atoms with Gasteiger partial charge < -0.3 is 19.3 Å². The van der Waals surface area contributed by atoms with E-state index in [4.69, 9.17) is 9.52 Å². The minimum atomic E-state index is -1.09. The lowest BCUT2D eigenvalue weighted by molar-refractivity contribution is 0.0690. The lowest BCUT2D eigenvalue weighted by atomic mass is 10.0. The van der Waals surface area contributed by atoms with Crippen molar-refractivity contribution in [1.82, 2.24) is 9.97 Å². The van der Waals surface area contributed by atoms with Gasteiger partial charge in [-0.2, -0.15) is 4.98 Å². The molecule has 0 unspecified atom stereocenters. The van der Waals surface area contributed by atoms with E-state index in [-0.39, 0.29) is 5.69 Å². The SMILES string of the molecule is CN(C)c1nccc2c1CN(c1nc(C(=O)O)co1)CC2. The summed E-state index contributed by atoms with van der Waals surface area (Å²) in [6.07, 6.45) is 3.84. The van der Waals surface area contributed by atoms with Crippen molar-refractivity contribution in [1.29, 1.82) is 0 Å². The van der Waals surface area contributed by atoms with Gasteiger partial charge in [-0.25, -0.2) is 9.78 Å². The minimum absolute atomic E-state index is 0.0742. The fourth-order valence-electron chi connectivity index (χ4n) is 2.51. The summed E-state index contributed by atoms with van der Waals surface area (Å²) in [5.41, 5.74) is 2.31. The van der Waals surface area contributed by atoms with Gasteiger partial charge in [0.1, 0.15) is 12.1 Å². The van der Waals surface area contributed by atoms with E-state index < -0.39 is 5.97 Å². The van der Waals surface area contributed by atoms with Crippen LogP contribution in [0.4, 0.5) is 11.8 Å². The number of aromatic carboxylic acids is 1. The van der Waals surface area contributed by atoms with Gasteiger partial charge >= 0.3 is 5.97 Å². The number of hydrogen-bond donors (Lipinski definition) is 1. The molecule has 7 nitrogen and oxygen atoms in total. The number of hydrogen-bond acceptors (Lipinski definition) is 6. The quantitative estimate of drug-likeness (QED) is 0.913. The Hall–Kier alpha value is -2.57. The number of carboxylic acid groups (broad SMARTS) is 1. The van der Waals surface area contributed by atoms with Gasteiger partial charge in [0.05, 0.1) is 6.54 Å². The molecule has 1 N–H and O–H groups in total. The van der Waals surface area contributed by atoms with Crippen molar-refractivity contribution in [2.45, 2.75) is 13.0 Å². The highest BCUT2D eigenvalue weighted by Crippen LogP contribution is 2.28. The van der Waals surface area contributed by atoms with Gasteiger partial charge in [0.15, 0.2) is 5.69 Å². The first-order valence-electron chi connectivity index (χ1n) is 6.64. The molecule has 3 heterocycles. The Morgan fingerprint density at radius 2 is 2.29 bits per heavy atom. The average molecular weight is 288 g/mol. The first-order valence-corrected chi connectivity index (χ1v) is 6.64. The fraction of sp³-hybridized carbons (Fsp3) is 0.357. The molecule has 0 saturated carbocycles. The molecule has 3 rings (SSSR count). The smallest absolute Gasteiger partial charge is 0.357 e. The van der Waals surface area contributed by atoms with E-state index in [0.717, 1.165) is 24.3 Å². The molecule has 2 aromatic rings. The Bertz CT molecular complexity index is 681. The van der Waals surface area contributed by atoms with Crippen LogP contribution in [-0.2, 0) is 13.0 Å². The predicted molar refractivity (Wildman–Crippen MR) is 76.8 cm³/mol. The van der Waals surface area contributed by atoms with Gasteiger partial charge in [-0.3, -0.25) is 0 Å². The fourth-order valence-corrected chi connectivity index (χ4v) is 2.51. The summed E-state index contributed by atoms with van der Waals surface area (Å²) in [6.45, 7) is 1.35. The molecule has 110 valence electrons. The van der Waals surface area contributed by atoms with Gasteiger partial charge in [-0.05, 0) is 18.1 Å². The molecule has 1 aliphatic heterocycles. The van der Waals surface area contributed by atoms with Crippen LogP contribution in [0, 0.1) is 0 Å². The van der Waals surface area contributed by atoms with Crippen LogP contribution in [0.15, 0.2) is 22.9 Å². The van der Waals surface area contributed by atoms with Crippen LogP contribution in [0.1, 0.15) is 21.6 Å². The topological polar surface area (TPSA) is 82.7 Å². The molecular formula is C14H16N4O3. The number of anilines is 2. The summed E-state index contributed by atoms with van der Waals surface area (Å²) >= 11 is 0. The number of rotatable bonds is 3. The molecule has 7 heteroatoms. The van der Waals surface area contributed by atoms with Crippen molar-refractivity contribution in [3.8, 4) is 0 Å². The van der Waals surface area contributed by atoms with Crippen LogP contribution in [0.5, 0.6) is 0 Å². The highest BCUT2D eigenvalue weighted by Gasteiger charge is 2.24. The molecular weight excluding hydrogens is 272 g/mol. The zero-order valence-electron chi connectivity index (χ0n) is 11.9. The van der Waals surface area contributed by atoms with Crippen LogP contribution in [-0.4, -0.2) is 41.7 Å². The normalized spacial score (nSPS) is 13.9. The number of carboxylic acids is 1. The Balaban J connectivity index is 1.91. The van der Waals surface area contributed by atoms with Gasteiger partial charge in [0, 0.05) is 32.4 Å². The van der Waals surface area contributed by atoms with Crippen molar-refractivity contribution in [3.63, 3.8) is 0 Å². The van der Waals surface area contributed by atoms with E-state index in [9.17, 15) is 4.79 Å². The van der Waals surface area contributed by atoms with Crippen LogP contribution < -0.4 is 9.80 Å². The second-order valence-corrected chi connectivity index (χ2v) is 5.16. The van der Waals surface area contributed by atoms with Gasteiger partial charge in [-0.15, -0.1) is 0 Å². The molecule has 2 aromatic heterocycles. The number of fused-ring (bicyclic) bond motifs is 1. The zero-order chi connectivity index (χ0) is 15.0. The van der Waals surface area contributed by atoms with Crippen molar-refractivity contribution < 1.29 is 14.3 Å². The molecule has 0 spiro atoms. The molecule has 0 amide bonds. The summed E-state index contributed by atoms with van der Waals surface area (Å²) in [5, 5.41) is 8.91. The average Bonchev–Trinajstić information content (AvgIpc) is 2.96. The Labute approximate surface area is 121 Å². The maximum Gasteiger partial charge on any atom is 0.357 e. The van der Waals surface area contributed by atoms with E-state index in [1.165, 1.54) is 11.8 Å². The molecule has 0 atom stereocenters. The van der Waals surface area contributed by atoms with Crippen LogP contribution in [0.3, 0.4) is 0 Å². The van der Waals surface area contributed by atoms with Crippen LogP contribution in [0.25, 0.3) is 0 Å². The number of carbonyl (C=O) groups is 1. The lowest BCUT2D eigenvalue weighted by Crippen LogP contribution is -2.32. The zero-order valence-corrected chi connectivity index (χ0v) is 11.9. The van der Waals surface area contributed by atoms with Gasteiger partial charge in [-0.1, -0.05) is 0 Å². The van der Waals surface area contributed by atoms with E-state index in [2.05, 4.69) is 9.97 Å². The van der Waals surface area contributed by atoms with Crippen LogP contribution in [0.2, 0.25) is 0 Å². The first kappa shape index (κ1) is 13.4. The van der Waals surface area contributed by atoms with Gasteiger partial charge in [0.2, 0.25) is 0 Å². The van der Waals surface area contributed by atoms with Crippen molar-refractivity contribution in [2.75, 3.05) is 30.4 Å². The summed E-state index contributed by atoms with van der Waals surface area (Å²) < 4.78 is 5.28. The second kappa shape index (κ2) is 5.08. The third-order valence-corrected chi connectivity index (χ3v) is 3.54. The van der Waals surface area contributed by atoms with Crippen molar-refractivity contribution in [2.24, 2.45) is 0 Å². The lowest BCUT2D eigenvalue weighted by Gasteiger charge is -2.30. The maximum atomic E-state index is 10.9. The Morgan fingerprint density at radius 1 is 1.48 bits per heavy atom. The third kappa shape index (κ3) is 2.42. The van der Waals surface area contributed by atoms with E-state index in [1.54, 1.807) is 0 Å². The van der Waals surface area contributed by atoms with Gasteiger partial charge in [0.25, 0.3) is 6.01 Å².